The van der Waals surface area contributed by atoms with Gasteiger partial charge in [-0.25, -0.2) is 30.7 Å². The van der Waals surface area contributed by atoms with E-state index in [9.17, 15) is 31.2 Å². The van der Waals surface area contributed by atoms with Crippen LogP contribution in [0.2, 0.25) is 0 Å². The van der Waals surface area contributed by atoms with Gasteiger partial charge in [-0.1, -0.05) is 29.8 Å². The number of likely N-dealkylation sites (N-methyl/N-ethyl adjacent to an activating group) is 1. The van der Waals surface area contributed by atoms with Gasteiger partial charge >= 0.3 is 12.1 Å². The summed E-state index contributed by atoms with van der Waals surface area (Å²) in [4.78, 5) is 43.9. The summed E-state index contributed by atoms with van der Waals surface area (Å²) in [6, 6.07) is 8.84. The number of hydrogen-bond donors (Lipinski definition) is 1. The molecule has 2 amide bonds. The highest BCUT2D eigenvalue weighted by Gasteiger charge is 2.45. The van der Waals surface area contributed by atoms with E-state index in [1.165, 1.54) is 24.3 Å². The van der Waals surface area contributed by atoms with Gasteiger partial charge in [0.25, 0.3) is 15.9 Å². The predicted octanol–water partition coefficient (Wildman–Crippen LogP) is 1.60. The quantitative estimate of drug-likeness (QED) is 0.404. The lowest BCUT2D eigenvalue weighted by molar-refractivity contribution is -0.162. The van der Waals surface area contributed by atoms with Crippen LogP contribution in [0.3, 0.4) is 0 Å². The van der Waals surface area contributed by atoms with Crippen molar-refractivity contribution >= 4 is 37.8 Å². The minimum atomic E-state index is -4.69. The third-order valence-corrected chi connectivity index (χ3v) is 11.1. The van der Waals surface area contributed by atoms with Gasteiger partial charge in [0.05, 0.1) is 16.4 Å². The summed E-state index contributed by atoms with van der Waals surface area (Å²) in [7, 11) is -6.38. The van der Waals surface area contributed by atoms with Crippen molar-refractivity contribution in [2.45, 2.75) is 56.7 Å². The largest absolute Gasteiger partial charge is 0.458 e. The Balaban J connectivity index is 1.69. The van der Waals surface area contributed by atoms with Gasteiger partial charge in [0.15, 0.2) is 9.84 Å². The average Bonchev–Trinajstić information content (AvgIpc) is 2.96. The van der Waals surface area contributed by atoms with Crippen molar-refractivity contribution in [3.8, 4) is 5.75 Å². The number of ether oxygens (including phenoxy) is 2. The van der Waals surface area contributed by atoms with Crippen molar-refractivity contribution in [3.05, 3.63) is 59.7 Å². The highest BCUT2D eigenvalue weighted by atomic mass is 32.2. The number of nitrogens with zero attached hydrogens (tertiary/aromatic N) is 3. The number of carbonyl (C=O) groups excluding carboxylic acids is 3. The molecule has 2 heterocycles. The van der Waals surface area contributed by atoms with E-state index in [0.29, 0.717) is 23.0 Å². The van der Waals surface area contributed by atoms with E-state index in [-0.39, 0.29) is 29.4 Å². The van der Waals surface area contributed by atoms with Gasteiger partial charge in [-0.05, 0) is 64.6 Å². The highest BCUT2D eigenvalue weighted by molar-refractivity contribution is 7.91. The zero-order valence-electron chi connectivity index (χ0n) is 26.8. The Morgan fingerprint density at radius 3 is 2.17 bits per heavy atom. The normalized spacial score (nSPS) is 19.6. The minimum absolute atomic E-state index is 0.0530. The number of rotatable bonds is 8. The molecule has 0 bridgehead atoms. The number of piperazine rings is 1. The van der Waals surface area contributed by atoms with Gasteiger partial charge in [-0.2, -0.15) is 0 Å². The number of aryl methyl sites for hydroxylation is 1. The van der Waals surface area contributed by atoms with Crippen LogP contribution in [0, 0.1) is 6.92 Å². The molecule has 13 nitrogen and oxygen atoms in total. The van der Waals surface area contributed by atoms with Gasteiger partial charge in [0.1, 0.15) is 23.4 Å². The molecule has 2 atom stereocenters. The lowest BCUT2D eigenvalue weighted by atomic mass is 10.0. The predicted molar refractivity (Wildman–Crippen MR) is 171 cm³/mol. The van der Waals surface area contributed by atoms with E-state index in [1.807, 2.05) is 7.05 Å². The Morgan fingerprint density at radius 1 is 1.00 bits per heavy atom. The van der Waals surface area contributed by atoms with E-state index >= 15 is 0 Å². The first-order valence-electron chi connectivity index (χ1n) is 15.0. The van der Waals surface area contributed by atoms with Crippen molar-refractivity contribution < 1.29 is 40.7 Å². The fraction of sp³-hybridized carbons (Fsp3) is 0.516. The van der Waals surface area contributed by atoms with E-state index in [4.69, 9.17) is 9.47 Å². The molecule has 2 aliphatic rings. The number of sulfone groups is 1. The summed E-state index contributed by atoms with van der Waals surface area (Å²) in [6.45, 7) is 9.06. The molecule has 0 spiro atoms. The number of amides is 2. The lowest BCUT2D eigenvalue weighted by Gasteiger charge is -2.35. The maximum Gasteiger partial charge on any atom is 0.415 e. The molecule has 46 heavy (non-hydrogen) atoms. The fourth-order valence-corrected chi connectivity index (χ4v) is 7.99. The van der Waals surface area contributed by atoms with Gasteiger partial charge in [-0.3, -0.25) is 4.79 Å². The lowest BCUT2D eigenvalue weighted by Crippen LogP contribution is -2.60. The summed E-state index contributed by atoms with van der Waals surface area (Å²) >= 11 is 0. The van der Waals surface area contributed by atoms with Crippen LogP contribution in [0.4, 0.5) is 4.79 Å². The molecular formula is C31H42N4O9S2. The molecule has 2 aromatic rings. The monoisotopic (exact) mass is 678 g/mol. The summed E-state index contributed by atoms with van der Waals surface area (Å²) in [5.74, 6) is -2.65. The first-order valence-corrected chi connectivity index (χ1v) is 18.3. The van der Waals surface area contributed by atoms with Gasteiger partial charge < -0.3 is 24.6 Å². The molecular weight excluding hydrogens is 636 g/mol. The number of benzene rings is 2. The first-order chi connectivity index (χ1) is 21.4. The molecule has 2 fully saturated rings. The topological polar surface area (TPSA) is 160 Å². The number of sulfonamides is 1. The van der Waals surface area contributed by atoms with Crippen LogP contribution in [0.5, 0.6) is 5.75 Å². The zero-order valence-corrected chi connectivity index (χ0v) is 28.4. The summed E-state index contributed by atoms with van der Waals surface area (Å²) in [6.07, 6.45) is -0.791. The Kier molecular flexibility index (Phi) is 10.8. The third-order valence-electron chi connectivity index (χ3n) is 7.60. The van der Waals surface area contributed by atoms with Crippen LogP contribution in [-0.4, -0.2) is 118 Å². The van der Waals surface area contributed by atoms with Crippen molar-refractivity contribution in [1.82, 2.24) is 19.4 Å². The number of carbonyl (C=O) groups is 3. The van der Waals surface area contributed by atoms with Crippen molar-refractivity contribution in [1.29, 1.82) is 0 Å². The first kappa shape index (κ1) is 35.3. The molecule has 0 saturated carbocycles. The zero-order chi connectivity index (χ0) is 33.9. The van der Waals surface area contributed by atoms with Crippen molar-refractivity contribution in [2.24, 2.45) is 0 Å². The Bertz CT molecular complexity index is 1630. The second-order valence-corrected chi connectivity index (χ2v) is 16.7. The molecule has 2 aromatic carbocycles. The van der Waals surface area contributed by atoms with Crippen molar-refractivity contribution in [2.75, 3.05) is 51.3 Å². The van der Waals surface area contributed by atoms with E-state index < -0.39 is 61.3 Å². The minimum Gasteiger partial charge on any atom is -0.458 e. The summed E-state index contributed by atoms with van der Waals surface area (Å²) in [5.41, 5.74) is 0.177. The van der Waals surface area contributed by atoms with E-state index in [2.05, 4.69) is 10.2 Å². The van der Waals surface area contributed by atoms with Crippen molar-refractivity contribution in [3.63, 3.8) is 0 Å². The van der Waals surface area contributed by atoms with Crippen LogP contribution in [0.15, 0.2) is 53.4 Å². The molecule has 15 heteroatoms. The number of nitrogens with one attached hydrogen (secondary N) is 1. The third kappa shape index (κ3) is 9.05. The van der Waals surface area contributed by atoms with Gasteiger partial charge in [-0.15, -0.1) is 0 Å². The molecule has 1 unspecified atom stereocenters. The van der Waals surface area contributed by atoms with Crippen LogP contribution >= 0.6 is 0 Å². The molecule has 0 aliphatic carbocycles. The second-order valence-electron chi connectivity index (χ2n) is 12.6. The van der Waals surface area contributed by atoms with E-state index in [1.54, 1.807) is 56.9 Å². The Hall–Kier alpha value is -3.53. The smallest absolute Gasteiger partial charge is 0.415 e. The summed E-state index contributed by atoms with van der Waals surface area (Å²) in [5, 5.41) is 2.81. The molecule has 0 radical (unpaired) electrons. The van der Waals surface area contributed by atoms with E-state index in [0.717, 1.165) is 18.7 Å². The van der Waals surface area contributed by atoms with Crippen LogP contribution in [0.25, 0.3) is 0 Å². The second kappa shape index (κ2) is 14.1. The van der Waals surface area contributed by atoms with Crippen LogP contribution in [-0.2, 0) is 40.6 Å². The van der Waals surface area contributed by atoms with Gasteiger partial charge in [0.2, 0.25) is 0 Å². The standard InChI is InChI=1S/C31H42N4O9S2/c1-22-6-12-25(13-7-22)46(41,42)35(28(36)26-21-45(39,40)19-14-32-26)27(29(37)44-31(2,3)4)20-23-8-10-24(11-9-23)43-30(38)34-17-15-33(5)16-18-34/h6-13,26-27,32H,14-21H2,1-5H3/t26?,27-/m0/s1. The molecule has 2 aliphatic heterocycles. The SMILES string of the molecule is Cc1ccc(S(=O)(=O)N(C(=O)C2CS(=O)(=O)CCN2)[C@@H](Cc2ccc(OC(=O)N3CCN(C)CC3)cc2)C(=O)OC(C)(C)C)cc1. The Labute approximate surface area is 270 Å². The number of esters is 1. The van der Waals surface area contributed by atoms with Crippen LogP contribution < -0.4 is 10.1 Å². The van der Waals surface area contributed by atoms with Gasteiger partial charge in [0, 0.05) is 39.1 Å². The fourth-order valence-electron chi connectivity index (χ4n) is 5.06. The highest BCUT2D eigenvalue weighted by Crippen LogP contribution is 2.26. The maximum atomic E-state index is 14.2. The van der Waals surface area contributed by atoms with Crippen LogP contribution in [0.1, 0.15) is 31.9 Å². The molecule has 0 aromatic heterocycles. The maximum absolute atomic E-state index is 14.2. The average molecular weight is 679 g/mol. The summed E-state index contributed by atoms with van der Waals surface area (Å²) < 4.78 is 64.9. The molecule has 1 N–H and O–H groups in total. The Morgan fingerprint density at radius 2 is 1.61 bits per heavy atom. The molecule has 2 saturated heterocycles. The molecule has 4 rings (SSSR count). The molecule has 252 valence electrons. The number of hydrogen-bond acceptors (Lipinski definition) is 11.